The van der Waals surface area contributed by atoms with Gasteiger partial charge >= 0.3 is 11.9 Å². The minimum Gasteiger partial charge on any atom is -0.427 e. The molecule has 0 aromatic rings. The molecule has 2 aliphatic carbocycles. The molecule has 23 heavy (non-hydrogen) atoms. The van der Waals surface area contributed by atoms with Gasteiger partial charge in [-0.3, -0.25) is 0 Å². The largest absolute Gasteiger partial charge is 0.427 e. The number of rotatable bonds is 1. The summed E-state index contributed by atoms with van der Waals surface area (Å²) in [5, 5.41) is 0. The van der Waals surface area contributed by atoms with Crippen LogP contribution in [0.3, 0.4) is 0 Å². The third kappa shape index (κ3) is 2.54. The Morgan fingerprint density at radius 1 is 0.913 bits per heavy atom. The average Bonchev–Trinajstić information content (AvgIpc) is 3.09. The average molecular weight is 314 g/mol. The summed E-state index contributed by atoms with van der Waals surface area (Å²) in [5.74, 6) is 1.68. The van der Waals surface area contributed by atoms with Gasteiger partial charge in [0.15, 0.2) is 0 Å². The van der Waals surface area contributed by atoms with E-state index in [0.717, 1.165) is 61.3 Å². The smallest absolute Gasteiger partial charge is 0.347 e. The Morgan fingerprint density at radius 3 is 2.35 bits per heavy atom. The summed E-state index contributed by atoms with van der Waals surface area (Å²) >= 11 is 0. The van der Waals surface area contributed by atoms with Gasteiger partial charge in [0.1, 0.15) is 17.1 Å². The monoisotopic (exact) mass is 314 g/mol. The summed E-state index contributed by atoms with van der Waals surface area (Å²) in [4.78, 5) is 24.3. The number of hydrogen-bond donors (Lipinski definition) is 0. The van der Waals surface area contributed by atoms with Gasteiger partial charge in [0, 0.05) is 17.1 Å². The Labute approximate surface area is 136 Å². The lowest BCUT2D eigenvalue weighted by Crippen LogP contribution is -2.15. The minimum absolute atomic E-state index is 0.275. The molecule has 1 fully saturated rings. The van der Waals surface area contributed by atoms with Gasteiger partial charge in [0.25, 0.3) is 0 Å². The number of ether oxygens (including phenoxy) is 2. The van der Waals surface area contributed by atoms with Crippen LogP contribution in [0.25, 0.3) is 0 Å². The van der Waals surface area contributed by atoms with Crippen molar-refractivity contribution in [3.05, 3.63) is 34.3 Å². The maximum absolute atomic E-state index is 12.3. The van der Waals surface area contributed by atoms with Crippen LogP contribution in [0.2, 0.25) is 0 Å². The molecule has 0 saturated heterocycles. The van der Waals surface area contributed by atoms with E-state index in [1.807, 2.05) is 6.08 Å². The molecule has 122 valence electrons. The fraction of sp³-hybridized carbons (Fsp3) is 0.579. The van der Waals surface area contributed by atoms with Crippen LogP contribution >= 0.6 is 0 Å². The standard InChI is InChI=1S/C19H22O4/c1-11-6-8-12(9-7-11)16-10-15(19(21)22-16)17-13-4-2-3-5-14(13)18(20)23-17/h10-12H,2-9H2,1H3/b17-15+. The predicted octanol–water partition coefficient (Wildman–Crippen LogP) is 3.93. The first-order valence-corrected chi connectivity index (χ1v) is 8.76. The zero-order valence-corrected chi connectivity index (χ0v) is 13.5. The summed E-state index contributed by atoms with van der Waals surface area (Å²) in [6.07, 6.45) is 9.95. The van der Waals surface area contributed by atoms with Crippen LogP contribution in [-0.4, -0.2) is 11.9 Å². The van der Waals surface area contributed by atoms with Gasteiger partial charge in [0.05, 0.1) is 0 Å². The SMILES string of the molecule is CC1CCC(C2=C/C(=C3\OC(=O)C4=C3CCCC4)C(=O)O2)CC1. The lowest BCUT2D eigenvalue weighted by atomic mass is 9.82. The van der Waals surface area contributed by atoms with Crippen molar-refractivity contribution in [2.45, 2.75) is 58.3 Å². The Bertz CT molecular complexity index is 657. The third-order valence-electron chi connectivity index (χ3n) is 5.56. The van der Waals surface area contributed by atoms with Crippen LogP contribution in [0, 0.1) is 11.8 Å². The second-order valence-corrected chi connectivity index (χ2v) is 7.19. The first-order valence-electron chi connectivity index (χ1n) is 8.76. The maximum atomic E-state index is 12.3. The second-order valence-electron chi connectivity index (χ2n) is 7.19. The highest BCUT2D eigenvalue weighted by molar-refractivity contribution is 6.01. The highest BCUT2D eigenvalue weighted by Crippen LogP contribution is 2.42. The molecule has 0 bridgehead atoms. The van der Waals surface area contributed by atoms with Crippen LogP contribution in [0.4, 0.5) is 0 Å². The van der Waals surface area contributed by atoms with E-state index < -0.39 is 0 Å². The van der Waals surface area contributed by atoms with Crippen molar-refractivity contribution in [3.63, 3.8) is 0 Å². The van der Waals surface area contributed by atoms with E-state index in [1.165, 1.54) is 12.8 Å². The molecule has 0 aromatic heterocycles. The fourth-order valence-corrected chi connectivity index (χ4v) is 4.11. The number of esters is 2. The molecule has 0 radical (unpaired) electrons. The summed E-state index contributed by atoms with van der Waals surface area (Å²) < 4.78 is 11.0. The van der Waals surface area contributed by atoms with Crippen molar-refractivity contribution in [1.29, 1.82) is 0 Å². The number of carbonyl (C=O) groups excluding carboxylic acids is 2. The van der Waals surface area contributed by atoms with Crippen molar-refractivity contribution in [1.82, 2.24) is 0 Å². The molecular weight excluding hydrogens is 292 g/mol. The Morgan fingerprint density at radius 2 is 1.61 bits per heavy atom. The Balaban J connectivity index is 1.65. The highest BCUT2D eigenvalue weighted by Gasteiger charge is 2.38. The van der Waals surface area contributed by atoms with Crippen molar-refractivity contribution >= 4 is 11.9 Å². The van der Waals surface area contributed by atoms with E-state index in [9.17, 15) is 9.59 Å². The number of cyclic esters (lactones) is 2. The molecule has 0 amide bonds. The van der Waals surface area contributed by atoms with E-state index in [4.69, 9.17) is 9.47 Å². The van der Waals surface area contributed by atoms with E-state index in [1.54, 1.807) is 0 Å². The predicted molar refractivity (Wildman–Crippen MR) is 83.9 cm³/mol. The number of allylic oxidation sites excluding steroid dienone is 2. The van der Waals surface area contributed by atoms with Crippen LogP contribution < -0.4 is 0 Å². The van der Waals surface area contributed by atoms with E-state index in [2.05, 4.69) is 6.92 Å². The molecule has 0 atom stereocenters. The molecule has 4 aliphatic rings. The molecule has 0 unspecified atom stereocenters. The molecule has 4 nitrogen and oxygen atoms in total. The van der Waals surface area contributed by atoms with Gasteiger partial charge in [-0.05, 0) is 50.5 Å². The van der Waals surface area contributed by atoms with Crippen molar-refractivity contribution in [2.75, 3.05) is 0 Å². The normalized spacial score (nSPS) is 34.2. The molecule has 1 saturated carbocycles. The molecule has 4 heteroatoms. The molecule has 0 spiro atoms. The van der Waals surface area contributed by atoms with E-state index in [0.29, 0.717) is 17.3 Å². The van der Waals surface area contributed by atoms with Gasteiger partial charge in [-0.25, -0.2) is 9.59 Å². The Hall–Kier alpha value is -1.84. The van der Waals surface area contributed by atoms with E-state index in [-0.39, 0.29) is 11.9 Å². The molecule has 2 aliphatic heterocycles. The molecule has 0 N–H and O–H groups in total. The second kappa shape index (κ2) is 5.66. The summed E-state index contributed by atoms with van der Waals surface area (Å²) in [7, 11) is 0. The van der Waals surface area contributed by atoms with Gasteiger partial charge in [-0.2, -0.15) is 0 Å². The van der Waals surface area contributed by atoms with Crippen molar-refractivity contribution in [3.8, 4) is 0 Å². The zero-order valence-electron chi connectivity index (χ0n) is 13.5. The lowest BCUT2D eigenvalue weighted by Gasteiger charge is -2.25. The molecule has 0 aromatic carbocycles. The maximum Gasteiger partial charge on any atom is 0.347 e. The first kappa shape index (κ1) is 14.7. The lowest BCUT2D eigenvalue weighted by molar-refractivity contribution is -0.135. The van der Waals surface area contributed by atoms with Gasteiger partial charge in [-0.1, -0.05) is 19.8 Å². The summed E-state index contributed by atoms with van der Waals surface area (Å²) in [5.41, 5.74) is 2.14. The fourth-order valence-electron chi connectivity index (χ4n) is 4.11. The summed E-state index contributed by atoms with van der Waals surface area (Å²) in [6.45, 7) is 2.27. The van der Waals surface area contributed by atoms with Crippen molar-refractivity contribution in [2.24, 2.45) is 11.8 Å². The number of carbonyl (C=O) groups is 2. The van der Waals surface area contributed by atoms with Crippen molar-refractivity contribution < 1.29 is 19.1 Å². The molecule has 4 rings (SSSR count). The zero-order chi connectivity index (χ0) is 16.0. The topological polar surface area (TPSA) is 52.6 Å². The molecular formula is C19H22O4. The van der Waals surface area contributed by atoms with Crippen LogP contribution in [0.1, 0.15) is 58.3 Å². The number of hydrogen-bond acceptors (Lipinski definition) is 4. The van der Waals surface area contributed by atoms with Crippen LogP contribution in [-0.2, 0) is 19.1 Å². The van der Waals surface area contributed by atoms with Crippen LogP contribution in [0.15, 0.2) is 34.3 Å². The van der Waals surface area contributed by atoms with Gasteiger partial charge < -0.3 is 9.47 Å². The van der Waals surface area contributed by atoms with E-state index >= 15 is 0 Å². The van der Waals surface area contributed by atoms with Crippen LogP contribution in [0.5, 0.6) is 0 Å². The Kier molecular flexibility index (Phi) is 3.63. The van der Waals surface area contributed by atoms with Gasteiger partial charge in [-0.15, -0.1) is 0 Å². The highest BCUT2D eigenvalue weighted by atomic mass is 16.6. The third-order valence-corrected chi connectivity index (χ3v) is 5.56. The summed E-state index contributed by atoms with van der Waals surface area (Å²) in [6, 6.07) is 0. The minimum atomic E-state index is -0.360. The quantitative estimate of drug-likeness (QED) is 0.543. The first-order chi connectivity index (χ1) is 11.1. The van der Waals surface area contributed by atoms with Gasteiger partial charge in [0.2, 0.25) is 0 Å². The molecule has 2 heterocycles.